The molecule has 0 saturated carbocycles. The number of ether oxygens (including phenoxy) is 3. The summed E-state index contributed by atoms with van der Waals surface area (Å²) in [6, 6.07) is 8.92. The van der Waals surface area contributed by atoms with Gasteiger partial charge in [-0.3, -0.25) is 4.79 Å². The number of carbonyl (C=O) groups excluding carboxylic acids is 1. The standard InChI is InChI=1S/C19H18N2O5S/c1-11-17(27-19(21-11)15-4-3-7-23-15)9-20-18(22)12(2)26-13-5-6-14-16(8-13)25-10-24-14/h3-8,12H,9-10H2,1-2H3,(H,20,22). The van der Waals surface area contributed by atoms with Gasteiger partial charge in [-0.15, -0.1) is 11.3 Å². The van der Waals surface area contributed by atoms with Crippen LogP contribution in [0.25, 0.3) is 10.8 Å². The molecule has 1 atom stereocenters. The third-order valence-electron chi connectivity index (χ3n) is 4.07. The van der Waals surface area contributed by atoms with E-state index in [9.17, 15) is 4.79 Å². The number of amides is 1. The molecule has 1 N–H and O–H groups in total. The highest BCUT2D eigenvalue weighted by molar-refractivity contribution is 7.15. The Hall–Kier alpha value is -3.00. The van der Waals surface area contributed by atoms with E-state index in [1.165, 1.54) is 11.3 Å². The Labute approximate surface area is 159 Å². The van der Waals surface area contributed by atoms with Gasteiger partial charge in [0, 0.05) is 10.9 Å². The summed E-state index contributed by atoms with van der Waals surface area (Å²) < 4.78 is 21.7. The minimum Gasteiger partial charge on any atom is -0.481 e. The first-order valence-corrected chi connectivity index (χ1v) is 9.26. The fourth-order valence-corrected chi connectivity index (χ4v) is 3.59. The van der Waals surface area contributed by atoms with Crippen molar-refractivity contribution in [2.75, 3.05) is 6.79 Å². The van der Waals surface area contributed by atoms with Gasteiger partial charge in [-0.25, -0.2) is 4.98 Å². The number of carbonyl (C=O) groups is 1. The molecule has 1 unspecified atom stereocenters. The summed E-state index contributed by atoms with van der Waals surface area (Å²) in [7, 11) is 0. The molecule has 3 heterocycles. The van der Waals surface area contributed by atoms with Crippen LogP contribution in [0.1, 0.15) is 17.5 Å². The second kappa shape index (κ2) is 7.32. The molecule has 1 aromatic carbocycles. The lowest BCUT2D eigenvalue weighted by molar-refractivity contribution is -0.127. The summed E-state index contributed by atoms with van der Waals surface area (Å²) >= 11 is 1.50. The molecule has 1 aliphatic heterocycles. The maximum absolute atomic E-state index is 12.4. The van der Waals surface area contributed by atoms with E-state index in [4.69, 9.17) is 18.6 Å². The molecular weight excluding hydrogens is 368 g/mol. The lowest BCUT2D eigenvalue weighted by atomic mass is 10.3. The maximum atomic E-state index is 12.4. The number of nitrogens with one attached hydrogen (secondary N) is 1. The van der Waals surface area contributed by atoms with Gasteiger partial charge >= 0.3 is 0 Å². The van der Waals surface area contributed by atoms with Crippen molar-refractivity contribution in [3.8, 4) is 28.0 Å². The third kappa shape index (κ3) is 3.75. The second-order valence-corrected chi connectivity index (χ2v) is 7.08. The smallest absolute Gasteiger partial charge is 0.261 e. The number of benzene rings is 1. The van der Waals surface area contributed by atoms with Gasteiger partial charge in [0.2, 0.25) is 6.79 Å². The zero-order valence-electron chi connectivity index (χ0n) is 14.9. The summed E-state index contributed by atoms with van der Waals surface area (Å²) in [6.07, 6.45) is 0.964. The van der Waals surface area contributed by atoms with Crippen molar-refractivity contribution in [2.45, 2.75) is 26.5 Å². The van der Waals surface area contributed by atoms with Gasteiger partial charge in [-0.05, 0) is 38.1 Å². The molecule has 0 aliphatic carbocycles. The molecule has 140 valence electrons. The lowest BCUT2D eigenvalue weighted by Gasteiger charge is -2.14. The monoisotopic (exact) mass is 386 g/mol. The van der Waals surface area contributed by atoms with Crippen LogP contribution in [0, 0.1) is 6.92 Å². The SMILES string of the molecule is Cc1nc(-c2ccco2)sc1CNC(=O)C(C)Oc1ccc2c(c1)OCO2. The van der Waals surface area contributed by atoms with E-state index < -0.39 is 6.10 Å². The second-order valence-electron chi connectivity index (χ2n) is 6.00. The van der Waals surface area contributed by atoms with Crippen molar-refractivity contribution >= 4 is 17.2 Å². The zero-order chi connectivity index (χ0) is 18.8. The number of nitrogens with zero attached hydrogens (tertiary/aromatic N) is 1. The molecule has 8 heteroatoms. The predicted molar refractivity (Wildman–Crippen MR) is 99.1 cm³/mol. The van der Waals surface area contributed by atoms with Crippen molar-refractivity contribution in [3.05, 3.63) is 47.2 Å². The van der Waals surface area contributed by atoms with Crippen molar-refractivity contribution in [1.82, 2.24) is 10.3 Å². The van der Waals surface area contributed by atoms with Crippen LogP contribution in [-0.4, -0.2) is 23.8 Å². The molecule has 0 bridgehead atoms. The topological polar surface area (TPSA) is 82.8 Å². The summed E-state index contributed by atoms with van der Waals surface area (Å²) in [4.78, 5) is 17.8. The van der Waals surface area contributed by atoms with Crippen molar-refractivity contribution in [1.29, 1.82) is 0 Å². The Kier molecular flexibility index (Phi) is 4.72. The van der Waals surface area contributed by atoms with Crippen molar-refractivity contribution in [3.63, 3.8) is 0 Å². The first kappa shape index (κ1) is 17.4. The lowest BCUT2D eigenvalue weighted by Crippen LogP contribution is -2.35. The van der Waals surface area contributed by atoms with E-state index in [1.54, 1.807) is 31.4 Å². The van der Waals surface area contributed by atoms with Gasteiger partial charge in [0.05, 0.1) is 18.5 Å². The van der Waals surface area contributed by atoms with Gasteiger partial charge in [0.15, 0.2) is 28.4 Å². The molecular formula is C19H18N2O5S. The van der Waals surface area contributed by atoms with Crippen molar-refractivity contribution in [2.24, 2.45) is 0 Å². The molecule has 27 heavy (non-hydrogen) atoms. The van der Waals surface area contributed by atoms with Crippen LogP contribution in [0.5, 0.6) is 17.2 Å². The third-order valence-corrected chi connectivity index (χ3v) is 5.25. The molecule has 2 aromatic heterocycles. The first-order chi connectivity index (χ1) is 13.1. The number of fused-ring (bicyclic) bond motifs is 1. The number of aromatic nitrogens is 1. The normalized spacial score (nSPS) is 13.4. The van der Waals surface area contributed by atoms with Gasteiger partial charge in [-0.2, -0.15) is 0 Å². The molecule has 1 amide bonds. The Morgan fingerprint density at radius 2 is 2.19 bits per heavy atom. The number of aryl methyl sites for hydroxylation is 1. The van der Waals surface area contributed by atoms with E-state index >= 15 is 0 Å². The molecule has 0 radical (unpaired) electrons. The van der Waals surface area contributed by atoms with Crippen molar-refractivity contribution < 1.29 is 23.4 Å². The molecule has 7 nitrogen and oxygen atoms in total. The number of rotatable bonds is 6. The number of furan rings is 1. The molecule has 1 aliphatic rings. The highest BCUT2D eigenvalue weighted by Gasteiger charge is 2.19. The molecule has 4 rings (SSSR count). The average Bonchev–Trinajstić information content (AvgIpc) is 3.40. The fourth-order valence-electron chi connectivity index (χ4n) is 2.62. The van der Waals surface area contributed by atoms with E-state index in [2.05, 4.69) is 10.3 Å². The Morgan fingerprint density at radius 1 is 1.33 bits per heavy atom. The predicted octanol–water partition coefficient (Wildman–Crippen LogP) is 3.52. The first-order valence-electron chi connectivity index (χ1n) is 8.44. The van der Waals surface area contributed by atoms with Gasteiger partial charge < -0.3 is 23.9 Å². The summed E-state index contributed by atoms with van der Waals surface area (Å²) in [5.41, 5.74) is 0.871. The Morgan fingerprint density at radius 3 is 3.00 bits per heavy atom. The average molecular weight is 386 g/mol. The largest absolute Gasteiger partial charge is 0.481 e. The Bertz CT molecular complexity index is 951. The highest BCUT2D eigenvalue weighted by atomic mass is 32.1. The minimum absolute atomic E-state index is 0.197. The maximum Gasteiger partial charge on any atom is 0.261 e. The zero-order valence-corrected chi connectivity index (χ0v) is 15.7. The summed E-state index contributed by atoms with van der Waals surface area (Å²) in [5.74, 6) is 2.36. The van der Waals surface area contributed by atoms with Gasteiger partial charge in [-0.1, -0.05) is 0 Å². The molecule has 0 saturated heterocycles. The minimum atomic E-state index is -0.650. The van der Waals surface area contributed by atoms with Crippen LogP contribution in [-0.2, 0) is 11.3 Å². The number of hydrogen-bond donors (Lipinski definition) is 1. The molecule has 0 fully saturated rings. The highest BCUT2D eigenvalue weighted by Crippen LogP contribution is 2.35. The van der Waals surface area contributed by atoms with Crippen LogP contribution in [0.15, 0.2) is 41.0 Å². The fraction of sp³-hybridized carbons (Fsp3) is 0.263. The van der Waals surface area contributed by atoms with Crippen LogP contribution in [0.4, 0.5) is 0 Å². The van der Waals surface area contributed by atoms with Crippen LogP contribution in [0.2, 0.25) is 0 Å². The quantitative estimate of drug-likeness (QED) is 0.698. The van der Waals surface area contributed by atoms with Crippen LogP contribution < -0.4 is 19.5 Å². The number of thiazole rings is 1. The van der Waals surface area contributed by atoms with E-state index in [1.807, 2.05) is 19.1 Å². The molecule has 0 spiro atoms. The van der Waals surface area contributed by atoms with E-state index in [-0.39, 0.29) is 12.7 Å². The van der Waals surface area contributed by atoms with Gasteiger partial charge in [0.25, 0.3) is 5.91 Å². The van der Waals surface area contributed by atoms with E-state index in [0.717, 1.165) is 21.3 Å². The number of hydrogen-bond acceptors (Lipinski definition) is 7. The van der Waals surface area contributed by atoms with E-state index in [0.29, 0.717) is 23.8 Å². The summed E-state index contributed by atoms with van der Waals surface area (Å²) in [5, 5.41) is 3.69. The van der Waals surface area contributed by atoms with Crippen LogP contribution >= 0.6 is 11.3 Å². The molecule has 3 aromatic rings. The Balaban J connectivity index is 1.35. The summed E-state index contributed by atoms with van der Waals surface area (Å²) in [6.45, 7) is 4.20. The van der Waals surface area contributed by atoms with Crippen LogP contribution in [0.3, 0.4) is 0 Å². The van der Waals surface area contributed by atoms with Gasteiger partial charge in [0.1, 0.15) is 5.75 Å².